The second kappa shape index (κ2) is 10.1. The summed E-state index contributed by atoms with van der Waals surface area (Å²) in [5.41, 5.74) is 0.875. The lowest BCUT2D eigenvalue weighted by Gasteiger charge is -2.49. The van der Waals surface area contributed by atoms with Crippen LogP contribution in [0.5, 0.6) is 0 Å². The Bertz CT molecular complexity index is 687. The van der Waals surface area contributed by atoms with Gasteiger partial charge in [0.2, 0.25) is 5.91 Å². The van der Waals surface area contributed by atoms with Gasteiger partial charge in [-0.3, -0.25) is 14.9 Å². The van der Waals surface area contributed by atoms with Gasteiger partial charge in [-0.05, 0) is 6.92 Å². The first kappa shape index (κ1) is 21.7. The van der Waals surface area contributed by atoms with Crippen LogP contribution in [0.1, 0.15) is 25.7 Å². The van der Waals surface area contributed by atoms with Crippen LogP contribution in [-0.2, 0) is 33.3 Å². The number of ether oxygens (including phenoxy) is 5. The molecule has 2 aliphatic heterocycles. The molecule has 29 heavy (non-hydrogen) atoms. The molecule has 0 aliphatic carbocycles. The van der Waals surface area contributed by atoms with Crippen LogP contribution in [0.3, 0.4) is 0 Å². The molecule has 0 spiro atoms. The molecule has 3 rings (SSSR count). The largest absolute Gasteiger partial charge is 0.465 e. The van der Waals surface area contributed by atoms with Gasteiger partial charge >= 0.3 is 5.97 Å². The van der Waals surface area contributed by atoms with Gasteiger partial charge in [-0.1, -0.05) is 30.3 Å². The highest BCUT2D eigenvalue weighted by atomic mass is 16.7. The van der Waals surface area contributed by atoms with Crippen molar-refractivity contribution in [2.24, 2.45) is 0 Å². The number of carbonyl (C=O) groups excluding carboxylic acids is 2. The number of esters is 1. The normalized spacial score (nSPS) is 31.6. The molecule has 0 aromatic heterocycles. The van der Waals surface area contributed by atoms with Crippen molar-refractivity contribution in [2.45, 2.75) is 50.7 Å². The Kier molecular flexibility index (Phi) is 7.57. The Labute approximate surface area is 170 Å². The highest BCUT2D eigenvalue weighted by Crippen LogP contribution is 2.34. The summed E-state index contributed by atoms with van der Waals surface area (Å²) in [6, 6.07) is 8.53. The minimum absolute atomic E-state index is 0.0333. The third kappa shape index (κ3) is 5.31. The second-order valence-corrected chi connectivity index (χ2v) is 6.89. The molecule has 2 N–H and O–H groups in total. The van der Waals surface area contributed by atoms with Gasteiger partial charge < -0.3 is 29.0 Å². The van der Waals surface area contributed by atoms with E-state index in [0.717, 1.165) is 5.56 Å². The number of hydrogen-bond donors (Lipinski definition) is 2. The number of nitrogens with one attached hydrogen (secondary N) is 2. The third-order valence-corrected chi connectivity index (χ3v) is 4.86. The van der Waals surface area contributed by atoms with Crippen LogP contribution >= 0.6 is 0 Å². The highest BCUT2D eigenvalue weighted by molar-refractivity contribution is 5.73. The van der Waals surface area contributed by atoms with Crippen molar-refractivity contribution in [3.05, 3.63) is 35.9 Å². The Morgan fingerprint density at radius 1 is 1.17 bits per heavy atom. The van der Waals surface area contributed by atoms with Gasteiger partial charge in [0, 0.05) is 19.6 Å². The molecule has 0 unspecified atom stereocenters. The average Bonchev–Trinajstić information content (AvgIpc) is 2.72. The first-order valence-electron chi connectivity index (χ1n) is 9.69. The summed E-state index contributed by atoms with van der Waals surface area (Å²) in [6.45, 7) is 3.70. The first-order valence-corrected chi connectivity index (χ1v) is 9.69. The van der Waals surface area contributed by atoms with Crippen LogP contribution in [0.25, 0.3) is 0 Å². The maximum Gasteiger partial charge on any atom is 0.319 e. The lowest BCUT2D eigenvalue weighted by atomic mass is 9.92. The van der Waals surface area contributed by atoms with Gasteiger partial charge in [0.25, 0.3) is 0 Å². The van der Waals surface area contributed by atoms with E-state index in [1.165, 1.54) is 14.0 Å². The Hall–Kier alpha value is -2.04. The number of benzene rings is 1. The lowest BCUT2D eigenvalue weighted by Crippen LogP contribution is -2.70. The quantitative estimate of drug-likeness (QED) is 0.629. The average molecular weight is 408 g/mol. The predicted octanol–water partition coefficient (Wildman–Crippen LogP) is 0.498. The van der Waals surface area contributed by atoms with Gasteiger partial charge in [-0.25, -0.2) is 0 Å². The smallest absolute Gasteiger partial charge is 0.319 e. The fourth-order valence-corrected chi connectivity index (χ4v) is 3.65. The summed E-state index contributed by atoms with van der Waals surface area (Å²) in [6.07, 6.45) is -2.21. The molecule has 0 bridgehead atoms. The van der Waals surface area contributed by atoms with Crippen molar-refractivity contribution in [3.63, 3.8) is 0 Å². The Balaban J connectivity index is 1.82. The number of amides is 1. The van der Waals surface area contributed by atoms with Gasteiger partial charge in [0.1, 0.15) is 12.2 Å². The molecule has 1 aromatic rings. The van der Waals surface area contributed by atoms with Crippen molar-refractivity contribution in [3.8, 4) is 0 Å². The number of hydrogen-bond acceptors (Lipinski definition) is 8. The summed E-state index contributed by atoms with van der Waals surface area (Å²) >= 11 is 0. The molecule has 9 nitrogen and oxygen atoms in total. The zero-order chi connectivity index (χ0) is 20.8. The molecule has 6 atom stereocenters. The topological polar surface area (TPSA) is 104 Å². The van der Waals surface area contributed by atoms with E-state index in [4.69, 9.17) is 23.7 Å². The summed E-state index contributed by atoms with van der Waals surface area (Å²) < 4.78 is 28.5. The SMILES string of the molecule is CCOC(=O)CN[C@@H]1[C@H](NC(C)=O)[C@H](OC)O[C@H]2CO[C@@H](c3ccccc3)O[C@H]12. The van der Waals surface area contributed by atoms with Gasteiger partial charge in [0.05, 0.1) is 31.8 Å². The molecular formula is C20H28N2O7. The van der Waals surface area contributed by atoms with E-state index in [9.17, 15) is 9.59 Å². The molecule has 0 saturated carbocycles. The van der Waals surface area contributed by atoms with E-state index in [1.807, 2.05) is 30.3 Å². The molecule has 2 saturated heterocycles. The molecule has 0 radical (unpaired) electrons. The fourth-order valence-electron chi connectivity index (χ4n) is 3.65. The molecule has 2 heterocycles. The zero-order valence-electron chi connectivity index (χ0n) is 16.8. The molecular weight excluding hydrogens is 380 g/mol. The predicted molar refractivity (Wildman–Crippen MR) is 102 cm³/mol. The molecule has 2 aliphatic rings. The lowest BCUT2D eigenvalue weighted by molar-refractivity contribution is -0.325. The van der Waals surface area contributed by atoms with Crippen molar-refractivity contribution < 1.29 is 33.3 Å². The standard InChI is InChI=1S/C20H28N2O7/c1-4-26-15(24)10-21-16-17(22-12(2)23)20(25-3)28-14-11-27-19(29-18(14)16)13-8-6-5-7-9-13/h5-9,14,16-21H,4,10-11H2,1-3H3,(H,22,23)/t14-,16+,17-,18-,19+,20+/m0/s1. The van der Waals surface area contributed by atoms with E-state index < -0.39 is 42.8 Å². The minimum atomic E-state index is -0.722. The van der Waals surface area contributed by atoms with Gasteiger partial charge in [-0.2, -0.15) is 0 Å². The monoisotopic (exact) mass is 408 g/mol. The van der Waals surface area contributed by atoms with E-state index in [2.05, 4.69) is 10.6 Å². The van der Waals surface area contributed by atoms with E-state index in [-0.39, 0.29) is 25.7 Å². The summed E-state index contributed by atoms with van der Waals surface area (Å²) in [7, 11) is 1.50. The highest BCUT2D eigenvalue weighted by Gasteiger charge is 2.50. The van der Waals surface area contributed by atoms with Crippen LogP contribution < -0.4 is 10.6 Å². The van der Waals surface area contributed by atoms with Crippen LogP contribution in [0.15, 0.2) is 30.3 Å². The summed E-state index contributed by atoms with van der Waals surface area (Å²) in [5, 5.41) is 6.02. The number of fused-ring (bicyclic) bond motifs is 1. The molecule has 9 heteroatoms. The summed E-state index contributed by atoms with van der Waals surface area (Å²) in [5.74, 6) is -0.633. The van der Waals surface area contributed by atoms with Crippen LogP contribution in [0.4, 0.5) is 0 Å². The van der Waals surface area contributed by atoms with Crippen molar-refractivity contribution >= 4 is 11.9 Å². The summed E-state index contributed by atoms with van der Waals surface area (Å²) in [4.78, 5) is 23.7. The first-order chi connectivity index (χ1) is 14.0. The van der Waals surface area contributed by atoms with Crippen LogP contribution in [0, 0.1) is 0 Å². The van der Waals surface area contributed by atoms with Gasteiger partial charge in [0.15, 0.2) is 12.6 Å². The molecule has 160 valence electrons. The van der Waals surface area contributed by atoms with Crippen molar-refractivity contribution in [1.29, 1.82) is 0 Å². The number of methoxy groups -OCH3 is 1. The second-order valence-electron chi connectivity index (χ2n) is 6.89. The molecule has 1 amide bonds. The van der Waals surface area contributed by atoms with Gasteiger partial charge in [-0.15, -0.1) is 0 Å². The third-order valence-electron chi connectivity index (χ3n) is 4.86. The maximum atomic E-state index is 11.9. The van der Waals surface area contributed by atoms with Crippen LogP contribution in [0.2, 0.25) is 0 Å². The zero-order valence-corrected chi connectivity index (χ0v) is 16.8. The maximum absolute atomic E-state index is 11.9. The molecule has 2 fully saturated rings. The van der Waals surface area contributed by atoms with E-state index >= 15 is 0 Å². The van der Waals surface area contributed by atoms with Crippen molar-refractivity contribution in [1.82, 2.24) is 10.6 Å². The van der Waals surface area contributed by atoms with Crippen molar-refractivity contribution in [2.75, 3.05) is 26.9 Å². The Morgan fingerprint density at radius 3 is 2.59 bits per heavy atom. The molecule has 1 aromatic carbocycles. The van der Waals surface area contributed by atoms with Crippen LogP contribution in [-0.4, -0.2) is 69.3 Å². The van der Waals surface area contributed by atoms with E-state index in [1.54, 1.807) is 6.92 Å². The number of carbonyl (C=O) groups is 2. The Morgan fingerprint density at radius 2 is 1.93 bits per heavy atom. The van der Waals surface area contributed by atoms with E-state index in [0.29, 0.717) is 0 Å². The number of rotatable bonds is 7. The minimum Gasteiger partial charge on any atom is -0.465 e. The fraction of sp³-hybridized carbons (Fsp3) is 0.600.